The van der Waals surface area contributed by atoms with Crippen LogP contribution in [0.5, 0.6) is 0 Å². The molecule has 1 aromatic rings. The van der Waals surface area contributed by atoms with Gasteiger partial charge in [-0.15, -0.1) is 0 Å². The van der Waals surface area contributed by atoms with Crippen LogP contribution in [0.25, 0.3) is 0 Å². The lowest BCUT2D eigenvalue weighted by Gasteiger charge is -2.12. The van der Waals surface area contributed by atoms with Crippen molar-refractivity contribution in [3.8, 4) is 12.1 Å². The number of rotatable bonds is 2. The van der Waals surface area contributed by atoms with Crippen molar-refractivity contribution in [2.75, 3.05) is 5.43 Å². The summed E-state index contributed by atoms with van der Waals surface area (Å²) in [6.07, 6.45) is -4.57. The molecule has 4 nitrogen and oxygen atoms in total. The van der Waals surface area contributed by atoms with Gasteiger partial charge in [-0.3, -0.25) is 5.43 Å². The van der Waals surface area contributed by atoms with E-state index in [4.69, 9.17) is 10.5 Å². The third-order valence-corrected chi connectivity index (χ3v) is 2.28. The van der Waals surface area contributed by atoms with Gasteiger partial charge < -0.3 is 0 Å². The second kappa shape index (κ2) is 5.52. The fourth-order valence-corrected chi connectivity index (χ4v) is 1.40. The van der Waals surface area contributed by atoms with E-state index in [1.807, 2.05) is 0 Å². The fraction of sp³-hybridized carbons (Fsp3) is 0.100. The van der Waals surface area contributed by atoms with E-state index in [0.717, 1.165) is 12.1 Å². The first-order chi connectivity index (χ1) is 8.38. The number of nitriles is 2. The summed E-state index contributed by atoms with van der Waals surface area (Å²) in [6, 6.07) is 6.25. The molecule has 1 aromatic carbocycles. The minimum atomic E-state index is -4.57. The summed E-state index contributed by atoms with van der Waals surface area (Å²) in [7, 11) is 0. The lowest BCUT2D eigenvalue weighted by molar-refractivity contribution is -0.137. The Morgan fingerprint density at radius 3 is 2.39 bits per heavy atom. The molecule has 18 heavy (non-hydrogen) atoms. The van der Waals surface area contributed by atoms with Crippen LogP contribution in [0.3, 0.4) is 0 Å². The smallest absolute Gasteiger partial charge is 0.276 e. The molecule has 0 aromatic heterocycles. The van der Waals surface area contributed by atoms with Crippen LogP contribution >= 0.6 is 15.9 Å². The Kier molecular flexibility index (Phi) is 4.29. The highest BCUT2D eigenvalue weighted by Crippen LogP contribution is 2.36. The first-order valence-electron chi connectivity index (χ1n) is 4.39. The Morgan fingerprint density at radius 2 is 1.89 bits per heavy atom. The van der Waals surface area contributed by atoms with E-state index in [1.54, 1.807) is 0 Å². The highest BCUT2D eigenvalue weighted by Gasteiger charge is 2.33. The normalized spacial score (nSPS) is 10.1. The van der Waals surface area contributed by atoms with Crippen molar-refractivity contribution in [1.82, 2.24) is 0 Å². The maximum atomic E-state index is 12.7. The summed E-state index contributed by atoms with van der Waals surface area (Å²) in [5.74, 6) is 0. The van der Waals surface area contributed by atoms with E-state index in [2.05, 4.69) is 26.5 Å². The van der Waals surface area contributed by atoms with E-state index in [-0.39, 0.29) is 10.2 Å². The maximum absolute atomic E-state index is 12.7. The lowest BCUT2D eigenvalue weighted by atomic mass is 10.2. The van der Waals surface area contributed by atoms with Gasteiger partial charge in [-0.2, -0.15) is 28.8 Å². The number of nitrogens with zero attached hydrogens (tertiary/aromatic N) is 3. The molecule has 0 saturated heterocycles. The Morgan fingerprint density at radius 1 is 1.28 bits per heavy atom. The average molecular weight is 317 g/mol. The monoisotopic (exact) mass is 316 g/mol. The molecule has 0 fully saturated rings. The number of hydrogen-bond acceptors (Lipinski definition) is 4. The fourth-order valence-electron chi connectivity index (χ4n) is 1.04. The first kappa shape index (κ1) is 14.0. The predicted octanol–water partition coefficient (Wildman–Crippen LogP) is 3.28. The van der Waals surface area contributed by atoms with Gasteiger partial charge in [-0.05, 0) is 18.2 Å². The van der Waals surface area contributed by atoms with Crippen molar-refractivity contribution in [1.29, 1.82) is 10.5 Å². The molecule has 1 N–H and O–H groups in total. The first-order valence-corrected chi connectivity index (χ1v) is 5.18. The molecular weight excluding hydrogens is 313 g/mol. The SMILES string of the molecule is N#CC(C#N)=NNc1ccc(Br)cc1C(F)(F)F. The van der Waals surface area contributed by atoms with Gasteiger partial charge in [0.15, 0.2) is 0 Å². The molecule has 0 amide bonds. The van der Waals surface area contributed by atoms with E-state index in [1.165, 1.54) is 18.2 Å². The Balaban J connectivity index is 3.16. The molecule has 92 valence electrons. The van der Waals surface area contributed by atoms with Crippen LogP contribution in [0.1, 0.15) is 5.56 Å². The molecule has 0 aliphatic rings. The molecule has 0 saturated carbocycles. The summed E-state index contributed by atoms with van der Waals surface area (Å²) in [5.41, 5.74) is 0.200. The third-order valence-electron chi connectivity index (χ3n) is 1.79. The van der Waals surface area contributed by atoms with Crippen LogP contribution < -0.4 is 5.43 Å². The summed E-state index contributed by atoms with van der Waals surface area (Å²) in [5, 5.41) is 20.1. The molecule has 0 heterocycles. The largest absolute Gasteiger partial charge is 0.418 e. The molecule has 0 unspecified atom stereocenters. The van der Waals surface area contributed by atoms with E-state index >= 15 is 0 Å². The molecule has 0 bridgehead atoms. The van der Waals surface area contributed by atoms with E-state index in [0.29, 0.717) is 0 Å². The molecule has 1 rings (SSSR count). The standard InChI is InChI=1S/C10H4BrF3N4/c11-6-1-2-9(8(3-6)10(12,13)14)18-17-7(4-15)5-16/h1-3,18H. The Bertz CT molecular complexity index is 550. The van der Waals surface area contributed by atoms with Crippen molar-refractivity contribution >= 4 is 27.3 Å². The summed E-state index contributed by atoms with van der Waals surface area (Å²) in [6.45, 7) is 0. The maximum Gasteiger partial charge on any atom is 0.418 e. The molecule has 0 atom stereocenters. The zero-order chi connectivity index (χ0) is 13.8. The molecule has 0 aliphatic heterocycles. The van der Waals surface area contributed by atoms with Crippen molar-refractivity contribution in [2.24, 2.45) is 5.10 Å². The van der Waals surface area contributed by atoms with Gasteiger partial charge in [-0.1, -0.05) is 15.9 Å². The van der Waals surface area contributed by atoms with Crippen molar-refractivity contribution in [2.45, 2.75) is 6.18 Å². The Hall–Kier alpha value is -2.06. The van der Waals surface area contributed by atoms with Gasteiger partial charge >= 0.3 is 6.18 Å². The van der Waals surface area contributed by atoms with Gasteiger partial charge in [-0.25, -0.2) is 0 Å². The average Bonchev–Trinajstić information content (AvgIpc) is 2.30. The van der Waals surface area contributed by atoms with Crippen molar-refractivity contribution in [3.05, 3.63) is 28.2 Å². The number of nitrogens with one attached hydrogen (secondary N) is 1. The minimum absolute atomic E-state index is 0.255. The van der Waals surface area contributed by atoms with Crippen LogP contribution in [0.15, 0.2) is 27.8 Å². The van der Waals surface area contributed by atoms with Crippen LogP contribution in [0.4, 0.5) is 18.9 Å². The number of halogens is 4. The Labute approximate surface area is 108 Å². The summed E-state index contributed by atoms with van der Waals surface area (Å²) in [4.78, 5) is 0. The number of anilines is 1. The quantitative estimate of drug-likeness (QED) is 0.672. The zero-order valence-electron chi connectivity index (χ0n) is 8.59. The van der Waals surface area contributed by atoms with Crippen LogP contribution in [-0.4, -0.2) is 5.71 Å². The van der Waals surface area contributed by atoms with Gasteiger partial charge in [0.05, 0.1) is 11.3 Å². The van der Waals surface area contributed by atoms with Crippen molar-refractivity contribution < 1.29 is 13.2 Å². The van der Waals surface area contributed by atoms with Gasteiger partial charge in [0, 0.05) is 4.47 Å². The number of benzene rings is 1. The highest BCUT2D eigenvalue weighted by atomic mass is 79.9. The van der Waals surface area contributed by atoms with E-state index < -0.39 is 17.5 Å². The lowest BCUT2D eigenvalue weighted by Crippen LogP contribution is -2.09. The second-order valence-electron chi connectivity index (χ2n) is 2.98. The van der Waals surface area contributed by atoms with Gasteiger partial charge in [0.25, 0.3) is 0 Å². The summed E-state index contributed by atoms with van der Waals surface area (Å²) < 4.78 is 38.3. The number of hydrazone groups is 1. The van der Waals surface area contributed by atoms with Crippen LogP contribution in [-0.2, 0) is 6.18 Å². The minimum Gasteiger partial charge on any atom is -0.276 e. The second-order valence-corrected chi connectivity index (χ2v) is 3.90. The van der Waals surface area contributed by atoms with Crippen molar-refractivity contribution in [3.63, 3.8) is 0 Å². The summed E-state index contributed by atoms with van der Waals surface area (Å²) >= 11 is 2.93. The molecular formula is C10H4BrF3N4. The number of alkyl halides is 3. The van der Waals surface area contributed by atoms with E-state index in [9.17, 15) is 13.2 Å². The molecule has 0 aliphatic carbocycles. The number of hydrogen-bond donors (Lipinski definition) is 1. The zero-order valence-corrected chi connectivity index (χ0v) is 10.2. The molecule has 0 spiro atoms. The van der Waals surface area contributed by atoms with Crippen LogP contribution in [0.2, 0.25) is 0 Å². The topological polar surface area (TPSA) is 72.0 Å². The van der Waals surface area contributed by atoms with Gasteiger partial charge in [0.1, 0.15) is 12.1 Å². The predicted molar refractivity (Wildman–Crippen MR) is 61.4 cm³/mol. The molecule has 0 radical (unpaired) electrons. The third kappa shape index (κ3) is 3.47. The van der Waals surface area contributed by atoms with Crippen LogP contribution in [0, 0.1) is 22.7 Å². The van der Waals surface area contributed by atoms with Gasteiger partial charge in [0.2, 0.25) is 5.71 Å². The molecule has 8 heteroatoms. The highest BCUT2D eigenvalue weighted by molar-refractivity contribution is 9.10.